The molecule has 1 aromatic carbocycles. The topological polar surface area (TPSA) is 49.4 Å². The first-order valence-electron chi connectivity index (χ1n) is 6.43. The Hall–Kier alpha value is -1.36. The molecule has 4 nitrogen and oxygen atoms in total. The molecule has 102 valence electrons. The van der Waals surface area contributed by atoms with Crippen LogP contribution in [0.2, 0.25) is 0 Å². The first kappa shape index (κ1) is 14.1. The van der Waals surface area contributed by atoms with Crippen LogP contribution in [0.15, 0.2) is 28.7 Å². The van der Waals surface area contributed by atoms with Gasteiger partial charge in [0.05, 0.1) is 0 Å². The number of carbonyl (C=O) groups is 2. The second kappa shape index (κ2) is 6.19. The first-order chi connectivity index (χ1) is 9.08. The molecule has 2 amide bonds. The molecule has 0 saturated carbocycles. The van der Waals surface area contributed by atoms with Crippen LogP contribution in [-0.4, -0.2) is 35.8 Å². The van der Waals surface area contributed by atoms with E-state index in [4.69, 9.17) is 0 Å². The van der Waals surface area contributed by atoms with Crippen molar-refractivity contribution >= 4 is 27.7 Å². The van der Waals surface area contributed by atoms with Crippen LogP contribution in [0.5, 0.6) is 0 Å². The van der Waals surface area contributed by atoms with Crippen LogP contribution < -0.4 is 5.32 Å². The van der Waals surface area contributed by atoms with Gasteiger partial charge in [0, 0.05) is 23.1 Å². The summed E-state index contributed by atoms with van der Waals surface area (Å²) in [6.07, 6.45) is 2.11. The smallest absolute Gasteiger partial charge is 0.251 e. The second-order valence-electron chi connectivity index (χ2n) is 4.73. The molecule has 1 heterocycles. The van der Waals surface area contributed by atoms with Gasteiger partial charge in [-0.15, -0.1) is 0 Å². The quantitative estimate of drug-likeness (QED) is 0.926. The number of hydrogen-bond acceptors (Lipinski definition) is 2. The van der Waals surface area contributed by atoms with E-state index in [-0.39, 0.29) is 11.8 Å². The lowest BCUT2D eigenvalue weighted by atomic mass is 10.2. The van der Waals surface area contributed by atoms with Crippen LogP contribution >= 0.6 is 15.9 Å². The number of amides is 2. The molecule has 1 aromatic rings. The van der Waals surface area contributed by atoms with Crippen LogP contribution in [-0.2, 0) is 4.79 Å². The summed E-state index contributed by atoms with van der Waals surface area (Å²) in [6, 6.07) is 6.59. The van der Waals surface area contributed by atoms with E-state index in [0.717, 1.165) is 30.4 Å². The molecular formula is C14H17BrN2O2. The Kier molecular flexibility index (Phi) is 4.58. The molecule has 0 aliphatic carbocycles. The highest BCUT2D eigenvalue weighted by Crippen LogP contribution is 2.12. The van der Waals surface area contributed by atoms with Crippen LogP contribution in [0.1, 0.15) is 30.1 Å². The summed E-state index contributed by atoms with van der Waals surface area (Å²) in [5.41, 5.74) is 0.560. The second-order valence-corrected chi connectivity index (χ2v) is 5.65. The number of hydrogen-bond donors (Lipinski definition) is 1. The highest BCUT2D eigenvalue weighted by atomic mass is 79.9. The lowest BCUT2D eigenvalue weighted by molar-refractivity contribution is -0.131. The average molecular weight is 325 g/mol. The van der Waals surface area contributed by atoms with Gasteiger partial charge in [0.2, 0.25) is 5.91 Å². The molecule has 19 heavy (non-hydrogen) atoms. The van der Waals surface area contributed by atoms with E-state index in [1.54, 1.807) is 19.1 Å². The molecule has 0 aromatic heterocycles. The summed E-state index contributed by atoms with van der Waals surface area (Å²) in [4.78, 5) is 25.9. The Morgan fingerprint density at radius 2 is 1.79 bits per heavy atom. The van der Waals surface area contributed by atoms with Gasteiger partial charge in [-0.25, -0.2) is 0 Å². The zero-order valence-corrected chi connectivity index (χ0v) is 12.4. The Morgan fingerprint density at radius 3 is 2.37 bits per heavy atom. The van der Waals surface area contributed by atoms with Crippen molar-refractivity contribution in [3.63, 3.8) is 0 Å². The highest BCUT2D eigenvalue weighted by Gasteiger charge is 2.24. The lowest BCUT2D eigenvalue weighted by Gasteiger charge is -2.21. The zero-order valence-electron chi connectivity index (χ0n) is 10.9. The average Bonchev–Trinajstić information content (AvgIpc) is 2.92. The SMILES string of the molecule is C[C@H](NC(=O)c1ccc(Br)cc1)C(=O)N1CCCC1. The standard InChI is InChI=1S/C14H17BrN2O2/c1-10(14(19)17-8-2-3-9-17)16-13(18)11-4-6-12(15)7-5-11/h4-7,10H,2-3,8-9H2,1H3,(H,16,18)/t10-/m0/s1. The fraction of sp³-hybridized carbons (Fsp3) is 0.429. The molecule has 1 fully saturated rings. The van der Waals surface area contributed by atoms with E-state index < -0.39 is 6.04 Å². The third-order valence-electron chi connectivity index (χ3n) is 3.24. The van der Waals surface area contributed by atoms with Gasteiger partial charge in [-0.2, -0.15) is 0 Å². The van der Waals surface area contributed by atoms with Crippen molar-refractivity contribution in [1.29, 1.82) is 0 Å². The molecule has 1 N–H and O–H groups in total. The molecule has 2 rings (SSSR count). The van der Waals surface area contributed by atoms with Gasteiger partial charge >= 0.3 is 0 Å². The molecule has 5 heteroatoms. The van der Waals surface area contributed by atoms with Gasteiger partial charge in [0.1, 0.15) is 6.04 Å². The largest absolute Gasteiger partial charge is 0.341 e. The first-order valence-corrected chi connectivity index (χ1v) is 7.22. The minimum absolute atomic E-state index is 0.00274. The number of nitrogens with one attached hydrogen (secondary N) is 1. The Bertz CT molecular complexity index is 467. The summed E-state index contributed by atoms with van der Waals surface area (Å²) in [6.45, 7) is 3.34. The fourth-order valence-corrected chi connectivity index (χ4v) is 2.42. The summed E-state index contributed by atoms with van der Waals surface area (Å²) >= 11 is 3.32. The molecule has 1 aliphatic rings. The summed E-state index contributed by atoms with van der Waals surface area (Å²) in [7, 11) is 0. The number of carbonyl (C=O) groups excluding carboxylic acids is 2. The minimum atomic E-state index is -0.478. The van der Waals surface area contributed by atoms with E-state index in [9.17, 15) is 9.59 Å². The molecule has 0 unspecified atom stereocenters. The van der Waals surface area contributed by atoms with Crippen molar-refractivity contribution in [2.24, 2.45) is 0 Å². The van der Waals surface area contributed by atoms with Crippen LogP contribution in [0.25, 0.3) is 0 Å². The summed E-state index contributed by atoms with van der Waals surface area (Å²) < 4.78 is 0.922. The van der Waals surface area contributed by atoms with Gasteiger partial charge < -0.3 is 10.2 Å². The van der Waals surface area contributed by atoms with Crippen molar-refractivity contribution in [1.82, 2.24) is 10.2 Å². The Balaban J connectivity index is 1.94. The predicted octanol–water partition coefficient (Wildman–Crippen LogP) is 2.19. The Morgan fingerprint density at radius 1 is 1.21 bits per heavy atom. The lowest BCUT2D eigenvalue weighted by Crippen LogP contribution is -2.45. The molecule has 1 saturated heterocycles. The van der Waals surface area contributed by atoms with Crippen molar-refractivity contribution in [3.8, 4) is 0 Å². The maximum atomic E-state index is 12.1. The van der Waals surface area contributed by atoms with Crippen LogP contribution in [0.4, 0.5) is 0 Å². The summed E-state index contributed by atoms with van der Waals surface area (Å²) in [5.74, 6) is -0.212. The van der Waals surface area contributed by atoms with Crippen molar-refractivity contribution in [2.45, 2.75) is 25.8 Å². The molecule has 0 spiro atoms. The van der Waals surface area contributed by atoms with Gasteiger partial charge in [-0.05, 0) is 44.0 Å². The molecule has 1 atom stereocenters. The Labute approximate surface area is 121 Å². The van der Waals surface area contributed by atoms with Gasteiger partial charge in [0.25, 0.3) is 5.91 Å². The third-order valence-corrected chi connectivity index (χ3v) is 3.77. The van der Waals surface area contributed by atoms with E-state index in [1.807, 2.05) is 17.0 Å². The fourth-order valence-electron chi connectivity index (χ4n) is 2.15. The number of nitrogens with zero attached hydrogens (tertiary/aromatic N) is 1. The van der Waals surface area contributed by atoms with Crippen molar-refractivity contribution in [2.75, 3.05) is 13.1 Å². The molecule has 1 aliphatic heterocycles. The van der Waals surface area contributed by atoms with E-state index in [1.165, 1.54) is 0 Å². The van der Waals surface area contributed by atoms with Crippen LogP contribution in [0, 0.1) is 0 Å². The van der Waals surface area contributed by atoms with Gasteiger partial charge in [-0.3, -0.25) is 9.59 Å². The maximum absolute atomic E-state index is 12.1. The minimum Gasteiger partial charge on any atom is -0.341 e. The number of rotatable bonds is 3. The van der Waals surface area contributed by atoms with Crippen molar-refractivity contribution in [3.05, 3.63) is 34.3 Å². The molecule has 0 radical (unpaired) electrons. The zero-order chi connectivity index (χ0) is 13.8. The van der Waals surface area contributed by atoms with Gasteiger partial charge in [0.15, 0.2) is 0 Å². The molecule has 0 bridgehead atoms. The van der Waals surface area contributed by atoms with E-state index in [2.05, 4.69) is 21.2 Å². The van der Waals surface area contributed by atoms with E-state index in [0.29, 0.717) is 5.56 Å². The number of likely N-dealkylation sites (tertiary alicyclic amines) is 1. The molecular weight excluding hydrogens is 308 g/mol. The maximum Gasteiger partial charge on any atom is 0.251 e. The highest BCUT2D eigenvalue weighted by molar-refractivity contribution is 9.10. The summed E-state index contributed by atoms with van der Waals surface area (Å²) in [5, 5.41) is 2.75. The monoisotopic (exact) mass is 324 g/mol. The number of halogens is 1. The van der Waals surface area contributed by atoms with Gasteiger partial charge in [-0.1, -0.05) is 15.9 Å². The third kappa shape index (κ3) is 3.56. The van der Waals surface area contributed by atoms with E-state index >= 15 is 0 Å². The van der Waals surface area contributed by atoms with Crippen molar-refractivity contribution < 1.29 is 9.59 Å². The normalized spacial score (nSPS) is 16.2. The number of benzene rings is 1. The predicted molar refractivity (Wildman–Crippen MR) is 76.9 cm³/mol. The van der Waals surface area contributed by atoms with Crippen LogP contribution in [0.3, 0.4) is 0 Å².